The van der Waals surface area contributed by atoms with E-state index in [2.05, 4.69) is 27.9 Å². The van der Waals surface area contributed by atoms with Crippen molar-refractivity contribution in [3.8, 4) is 23.3 Å². The van der Waals surface area contributed by atoms with Crippen LogP contribution in [0.25, 0.3) is 6.08 Å². The Bertz CT molecular complexity index is 1370. The van der Waals surface area contributed by atoms with Gasteiger partial charge in [0.2, 0.25) is 0 Å². The quantitative estimate of drug-likeness (QED) is 0.0841. The molecule has 0 aliphatic carbocycles. The maximum absolute atomic E-state index is 12.6. The lowest BCUT2D eigenvalue weighted by atomic mass is 10.1. The van der Waals surface area contributed by atoms with Gasteiger partial charge in [-0.15, -0.1) is 0 Å². The molecular formula is C24H17ClIN3O6. The molecule has 3 aromatic carbocycles. The first-order valence-electron chi connectivity index (χ1n) is 9.87. The van der Waals surface area contributed by atoms with Gasteiger partial charge in [0.25, 0.3) is 11.6 Å². The molecule has 0 saturated heterocycles. The van der Waals surface area contributed by atoms with Crippen LogP contribution < -0.4 is 14.8 Å². The van der Waals surface area contributed by atoms with Gasteiger partial charge in [-0.05, 0) is 58.5 Å². The van der Waals surface area contributed by atoms with Crippen LogP contribution in [0.2, 0.25) is 5.02 Å². The maximum atomic E-state index is 12.6. The molecule has 0 unspecified atom stereocenters. The van der Waals surface area contributed by atoms with Gasteiger partial charge in [0.1, 0.15) is 24.0 Å². The van der Waals surface area contributed by atoms with E-state index in [0.717, 1.165) is 17.7 Å². The zero-order valence-corrected chi connectivity index (χ0v) is 21.0. The molecule has 0 heterocycles. The highest BCUT2D eigenvalue weighted by Crippen LogP contribution is 2.36. The maximum Gasteiger partial charge on any atom is 0.273 e. The number of ether oxygens (including phenoxy) is 2. The van der Waals surface area contributed by atoms with E-state index >= 15 is 0 Å². The van der Waals surface area contributed by atoms with Crippen LogP contribution in [-0.2, 0) is 11.4 Å². The number of nitriles is 1. The fraction of sp³-hybridized carbons (Fsp3) is 0.0833. The molecule has 0 aliphatic rings. The highest BCUT2D eigenvalue weighted by atomic mass is 127. The molecule has 11 heteroatoms. The van der Waals surface area contributed by atoms with Gasteiger partial charge in [-0.25, -0.2) is 0 Å². The second-order valence-electron chi connectivity index (χ2n) is 7.00. The summed E-state index contributed by atoms with van der Waals surface area (Å²) < 4.78 is 12.0. The predicted octanol–water partition coefficient (Wildman–Crippen LogP) is 5.69. The average molecular weight is 606 g/mol. The summed E-state index contributed by atoms with van der Waals surface area (Å²) in [6.45, 7) is 0.214. The average Bonchev–Trinajstić information content (AvgIpc) is 2.83. The number of nitro groups is 1. The van der Waals surface area contributed by atoms with Crippen molar-refractivity contribution in [2.75, 3.05) is 12.4 Å². The molecule has 0 fully saturated rings. The number of phenols is 1. The first-order chi connectivity index (χ1) is 16.7. The summed E-state index contributed by atoms with van der Waals surface area (Å²) in [4.78, 5) is 22.7. The number of hydrogen-bond donors (Lipinski definition) is 2. The van der Waals surface area contributed by atoms with Crippen molar-refractivity contribution in [2.45, 2.75) is 6.61 Å². The fourth-order valence-electron chi connectivity index (χ4n) is 2.97. The molecule has 3 rings (SSSR count). The van der Waals surface area contributed by atoms with Gasteiger partial charge in [-0.2, -0.15) is 5.26 Å². The first kappa shape index (κ1) is 25.8. The molecule has 2 N–H and O–H groups in total. The number of aromatic hydroxyl groups is 1. The first-order valence-corrected chi connectivity index (χ1v) is 11.3. The van der Waals surface area contributed by atoms with Crippen LogP contribution in [0.3, 0.4) is 0 Å². The van der Waals surface area contributed by atoms with Gasteiger partial charge in [0.05, 0.1) is 27.4 Å². The SMILES string of the molecule is COc1cc(/C=C(\C#N)C(=O)Nc2ccc([N+](=O)[O-])cc2O)cc(I)c1OCc1ccccc1Cl. The lowest BCUT2D eigenvalue weighted by molar-refractivity contribution is -0.384. The monoisotopic (exact) mass is 605 g/mol. The minimum absolute atomic E-state index is 0.0720. The molecule has 0 aliphatic heterocycles. The number of carbonyl (C=O) groups is 1. The van der Waals surface area contributed by atoms with Crippen molar-refractivity contribution in [1.29, 1.82) is 5.26 Å². The van der Waals surface area contributed by atoms with E-state index in [-0.39, 0.29) is 23.6 Å². The Kier molecular flexibility index (Phi) is 8.51. The summed E-state index contributed by atoms with van der Waals surface area (Å²) >= 11 is 8.24. The fourth-order valence-corrected chi connectivity index (χ4v) is 3.94. The lowest BCUT2D eigenvalue weighted by Crippen LogP contribution is -2.13. The van der Waals surface area contributed by atoms with Crippen LogP contribution in [0, 0.1) is 25.0 Å². The van der Waals surface area contributed by atoms with Gasteiger partial charge >= 0.3 is 0 Å². The van der Waals surface area contributed by atoms with Crippen LogP contribution in [0.15, 0.2) is 60.2 Å². The van der Waals surface area contributed by atoms with Crippen LogP contribution in [-0.4, -0.2) is 23.0 Å². The molecule has 3 aromatic rings. The van der Waals surface area contributed by atoms with Gasteiger partial charge in [-0.3, -0.25) is 14.9 Å². The van der Waals surface area contributed by atoms with E-state index < -0.39 is 16.6 Å². The Labute approximate surface area is 218 Å². The van der Waals surface area contributed by atoms with Crippen molar-refractivity contribution in [1.82, 2.24) is 0 Å². The largest absolute Gasteiger partial charge is 0.506 e. The number of phenolic OH excluding ortho intramolecular Hbond substituents is 1. The third kappa shape index (κ3) is 6.40. The number of rotatable bonds is 8. The van der Waals surface area contributed by atoms with Crippen LogP contribution >= 0.6 is 34.2 Å². The number of nitrogens with one attached hydrogen (secondary N) is 1. The molecule has 0 spiro atoms. The molecule has 178 valence electrons. The molecule has 0 bridgehead atoms. The van der Waals surface area contributed by atoms with Gasteiger partial charge in [-0.1, -0.05) is 29.8 Å². The number of anilines is 1. The van der Waals surface area contributed by atoms with Crippen molar-refractivity contribution in [3.63, 3.8) is 0 Å². The number of non-ortho nitro benzene ring substituents is 1. The van der Waals surface area contributed by atoms with E-state index in [1.54, 1.807) is 18.2 Å². The zero-order valence-electron chi connectivity index (χ0n) is 18.1. The molecule has 35 heavy (non-hydrogen) atoms. The van der Waals surface area contributed by atoms with E-state index in [1.165, 1.54) is 19.3 Å². The number of hydrogen-bond acceptors (Lipinski definition) is 7. The number of halogens is 2. The van der Waals surface area contributed by atoms with E-state index in [9.17, 15) is 25.3 Å². The molecule has 0 saturated carbocycles. The summed E-state index contributed by atoms with van der Waals surface area (Å²) in [5.41, 5.74) is 0.627. The van der Waals surface area contributed by atoms with E-state index in [0.29, 0.717) is 25.7 Å². The van der Waals surface area contributed by atoms with Crippen LogP contribution in [0.4, 0.5) is 11.4 Å². The van der Waals surface area contributed by atoms with Crippen molar-refractivity contribution < 1.29 is 24.3 Å². The topological polar surface area (TPSA) is 135 Å². The van der Waals surface area contributed by atoms with E-state index in [1.807, 2.05) is 24.3 Å². The summed E-state index contributed by atoms with van der Waals surface area (Å²) in [7, 11) is 1.47. The van der Waals surface area contributed by atoms with Gasteiger partial charge < -0.3 is 19.9 Å². The van der Waals surface area contributed by atoms with Crippen LogP contribution in [0.5, 0.6) is 17.2 Å². The highest BCUT2D eigenvalue weighted by Gasteiger charge is 2.17. The van der Waals surface area contributed by atoms with Gasteiger partial charge in [0, 0.05) is 16.7 Å². The molecule has 9 nitrogen and oxygen atoms in total. The second-order valence-corrected chi connectivity index (χ2v) is 8.57. The lowest BCUT2D eigenvalue weighted by Gasteiger charge is -2.14. The van der Waals surface area contributed by atoms with Crippen molar-refractivity contribution in [2.24, 2.45) is 0 Å². The summed E-state index contributed by atoms with van der Waals surface area (Å²) in [6, 6.07) is 15.6. The summed E-state index contributed by atoms with van der Waals surface area (Å²) in [5, 5.41) is 33.2. The smallest absolute Gasteiger partial charge is 0.273 e. The summed E-state index contributed by atoms with van der Waals surface area (Å²) in [6.07, 6.45) is 1.35. The summed E-state index contributed by atoms with van der Waals surface area (Å²) in [5.74, 6) is -0.435. The molecule has 0 atom stereocenters. The Morgan fingerprint density at radius 2 is 2.03 bits per heavy atom. The second kappa shape index (κ2) is 11.5. The Balaban J connectivity index is 1.83. The number of nitro benzene ring substituents is 1. The van der Waals surface area contributed by atoms with Crippen molar-refractivity contribution in [3.05, 3.63) is 90.0 Å². The predicted molar refractivity (Wildman–Crippen MR) is 138 cm³/mol. The Morgan fingerprint density at radius 3 is 2.66 bits per heavy atom. The number of carbonyl (C=O) groups excluding carboxylic acids is 1. The molecule has 0 radical (unpaired) electrons. The minimum Gasteiger partial charge on any atom is -0.506 e. The van der Waals surface area contributed by atoms with Crippen LogP contribution in [0.1, 0.15) is 11.1 Å². The third-order valence-corrected chi connectivity index (χ3v) is 5.87. The number of nitrogens with zero attached hydrogens (tertiary/aromatic N) is 2. The van der Waals surface area contributed by atoms with Gasteiger partial charge in [0.15, 0.2) is 11.5 Å². The standard InChI is InChI=1S/C24H17ClIN3O6/c1-34-22-10-14(9-19(26)23(22)35-13-15-4-2-3-5-18(15)25)8-16(12-27)24(31)28-20-7-6-17(29(32)33)11-21(20)30/h2-11,30H,13H2,1H3,(H,28,31)/b16-8+. The number of methoxy groups -OCH3 is 1. The van der Waals surface area contributed by atoms with E-state index in [4.69, 9.17) is 21.1 Å². The number of benzene rings is 3. The normalized spacial score (nSPS) is 10.9. The molecule has 0 aromatic heterocycles. The molecule has 1 amide bonds. The third-order valence-electron chi connectivity index (χ3n) is 4.70. The Hall–Kier alpha value is -3.82. The number of amides is 1. The molecular weight excluding hydrogens is 589 g/mol. The minimum atomic E-state index is -0.801. The zero-order chi connectivity index (χ0) is 25.5. The Morgan fingerprint density at radius 1 is 1.29 bits per heavy atom. The van der Waals surface area contributed by atoms with Crippen molar-refractivity contribution >= 4 is 57.5 Å². The highest BCUT2D eigenvalue weighted by molar-refractivity contribution is 14.1.